The van der Waals surface area contributed by atoms with Gasteiger partial charge in [0.15, 0.2) is 0 Å². The lowest BCUT2D eigenvalue weighted by atomic mass is 9.71. The molecule has 70 heavy (non-hydrogen) atoms. The van der Waals surface area contributed by atoms with Crippen LogP contribution in [0.25, 0.3) is 121 Å². The van der Waals surface area contributed by atoms with Crippen molar-refractivity contribution in [1.82, 2.24) is 0 Å². The molecule has 2 unspecified atom stereocenters. The van der Waals surface area contributed by atoms with E-state index in [1.165, 1.54) is 144 Å². The predicted octanol–water partition coefficient (Wildman–Crippen LogP) is 18.7. The van der Waals surface area contributed by atoms with E-state index in [1.807, 2.05) is 0 Å². The summed E-state index contributed by atoms with van der Waals surface area (Å²) in [4.78, 5) is 0. The summed E-state index contributed by atoms with van der Waals surface area (Å²) in [5, 5.41) is 7.65. The molecule has 15 rings (SSSR count). The SMILES string of the molecule is C1=C2c3c(c(-c4ccccc4)c4ccccc4c3-c3ccccc3)C3=CC=C4c5c(c(-c6ccccc6)c6cc7ccccc7cc6c5-c5cc(-c6ccccc6)cc(-c6ccccc6)c5)C(=C1)C4C23. The molecule has 0 N–H and O–H groups in total. The van der Waals surface area contributed by atoms with E-state index in [2.05, 4.69) is 255 Å². The quantitative estimate of drug-likeness (QED) is 0.146. The van der Waals surface area contributed by atoms with Gasteiger partial charge in [0.05, 0.1) is 0 Å². The van der Waals surface area contributed by atoms with Crippen LogP contribution >= 0.6 is 0 Å². The van der Waals surface area contributed by atoms with E-state index >= 15 is 0 Å². The Balaban J connectivity index is 1.09. The maximum Gasteiger partial charge on any atom is 0.0212 e. The Morgan fingerprint density at radius 2 is 0.457 bits per heavy atom. The zero-order chi connectivity index (χ0) is 45.9. The van der Waals surface area contributed by atoms with Crippen LogP contribution in [0.2, 0.25) is 0 Å². The van der Waals surface area contributed by atoms with Crippen LogP contribution in [0.15, 0.2) is 255 Å². The largest absolute Gasteiger partial charge is 0.0622 e. The number of hydrogen-bond acceptors (Lipinski definition) is 0. The van der Waals surface area contributed by atoms with Gasteiger partial charge in [-0.1, -0.05) is 224 Å². The molecule has 0 aromatic heterocycles. The molecule has 0 radical (unpaired) electrons. The Labute approximate surface area is 408 Å². The van der Waals surface area contributed by atoms with Gasteiger partial charge in [-0.2, -0.15) is 0 Å². The Hall–Kier alpha value is -8.84. The van der Waals surface area contributed by atoms with Gasteiger partial charge in [0.2, 0.25) is 0 Å². The first-order valence-corrected chi connectivity index (χ1v) is 24.7. The molecule has 4 aliphatic carbocycles. The number of allylic oxidation sites excluding steroid dienone is 8. The van der Waals surface area contributed by atoms with Crippen LogP contribution in [0.1, 0.15) is 22.3 Å². The third kappa shape index (κ3) is 5.71. The molecule has 4 aliphatic rings. The normalized spacial score (nSPS) is 16.1. The fraction of sp³-hybridized carbons (Fsp3) is 0.0286. The number of rotatable bonds is 6. The van der Waals surface area contributed by atoms with Gasteiger partial charge in [-0.05, 0) is 174 Å². The minimum atomic E-state index is 0.121. The number of fused-ring (bicyclic) bond motifs is 9. The van der Waals surface area contributed by atoms with Crippen molar-refractivity contribution in [2.75, 3.05) is 0 Å². The Bertz CT molecular complexity index is 4060. The summed E-state index contributed by atoms with van der Waals surface area (Å²) in [7, 11) is 0. The molecule has 11 aromatic carbocycles. The molecule has 0 bridgehead atoms. The van der Waals surface area contributed by atoms with Gasteiger partial charge in [-0.15, -0.1) is 0 Å². The highest BCUT2D eigenvalue weighted by atomic mass is 14.5. The standard InChI is InChI=1S/C70H44/c1-6-20-43(21-7-1)50-38-51(44-22-8-2-9-23-44)40-52(39-50)64-60-42-49-31-17-16-30-48(49)41-59(60)63(47-28-14-5-15-29-47)69-57-36-34-55-65-56(35-37-58(66(57)65)70(64)69)68-62(46-26-12-4-13-27-46)54-33-19-18-32-53(54)61(67(55)68)45-24-10-3-11-25-45/h1-42,65-66H. The molecule has 0 amide bonds. The maximum atomic E-state index is 2.53. The summed E-state index contributed by atoms with van der Waals surface area (Å²) in [5.41, 5.74) is 26.3. The van der Waals surface area contributed by atoms with Crippen molar-refractivity contribution >= 4 is 54.6 Å². The summed E-state index contributed by atoms with van der Waals surface area (Å²) < 4.78 is 0. The summed E-state index contributed by atoms with van der Waals surface area (Å²) >= 11 is 0. The fourth-order valence-electron chi connectivity index (χ4n) is 12.9. The summed E-state index contributed by atoms with van der Waals surface area (Å²) in [6, 6.07) is 85.7. The van der Waals surface area contributed by atoms with Gasteiger partial charge < -0.3 is 0 Å². The summed E-state index contributed by atoms with van der Waals surface area (Å²) in [6.07, 6.45) is 10.1. The molecule has 11 aromatic rings. The molecule has 0 aliphatic heterocycles. The minimum absolute atomic E-state index is 0.121. The zero-order valence-corrected chi connectivity index (χ0v) is 38.4. The lowest BCUT2D eigenvalue weighted by Crippen LogP contribution is -2.18. The molecule has 0 saturated heterocycles. The van der Waals surface area contributed by atoms with Crippen molar-refractivity contribution in [2.45, 2.75) is 0 Å². The smallest absolute Gasteiger partial charge is 0.0212 e. The van der Waals surface area contributed by atoms with Gasteiger partial charge >= 0.3 is 0 Å². The third-order valence-corrected chi connectivity index (χ3v) is 15.7. The Morgan fingerprint density at radius 3 is 0.814 bits per heavy atom. The first-order chi connectivity index (χ1) is 34.8. The average Bonchev–Trinajstić information content (AvgIpc) is 3.94. The van der Waals surface area contributed by atoms with Crippen molar-refractivity contribution in [3.63, 3.8) is 0 Å². The molecule has 0 saturated carbocycles. The molecule has 0 heteroatoms. The van der Waals surface area contributed by atoms with Crippen molar-refractivity contribution in [3.05, 3.63) is 277 Å². The fourth-order valence-corrected chi connectivity index (χ4v) is 12.9. The van der Waals surface area contributed by atoms with Crippen molar-refractivity contribution in [3.8, 4) is 66.8 Å². The monoisotopic (exact) mass is 884 g/mol. The van der Waals surface area contributed by atoms with Crippen LogP contribution in [0, 0.1) is 11.8 Å². The van der Waals surface area contributed by atoms with E-state index in [-0.39, 0.29) is 11.8 Å². The highest BCUT2D eigenvalue weighted by molar-refractivity contribution is 6.25. The first-order valence-electron chi connectivity index (χ1n) is 24.7. The van der Waals surface area contributed by atoms with Gasteiger partial charge in [0.25, 0.3) is 0 Å². The number of hydrogen-bond donors (Lipinski definition) is 0. The second-order valence-electron chi connectivity index (χ2n) is 19.4. The van der Waals surface area contributed by atoms with E-state index in [4.69, 9.17) is 0 Å². The van der Waals surface area contributed by atoms with Crippen LogP contribution in [-0.2, 0) is 0 Å². The van der Waals surface area contributed by atoms with Crippen molar-refractivity contribution < 1.29 is 0 Å². The van der Waals surface area contributed by atoms with E-state index in [9.17, 15) is 0 Å². The van der Waals surface area contributed by atoms with E-state index in [0.29, 0.717) is 0 Å². The topological polar surface area (TPSA) is 0 Å². The lowest BCUT2D eigenvalue weighted by molar-refractivity contribution is 0.759. The molecular weight excluding hydrogens is 841 g/mol. The second kappa shape index (κ2) is 15.3. The zero-order valence-electron chi connectivity index (χ0n) is 38.4. The van der Waals surface area contributed by atoms with Crippen LogP contribution < -0.4 is 0 Å². The first kappa shape index (κ1) is 39.2. The molecule has 2 atom stereocenters. The van der Waals surface area contributed by atoms with Gasteiger partial charge in [0, 0.05) is 11.8 Å². The van der Waals surface area contributed by atoms with Crippen LogP contribution in [0.3, 0.4) is 0 Å². The molecular formula is C70H44. The maximum absolute atomic E-state index is 2.53. The van der Waals surface area contributed by atoms with Gasteiger partial charge in [0.1, 0.15) is 0 Å². The summed E-state index contributed by atoms with van der Waals surface area (Å²) in [5.74, 6) is 0.259. The Kier molecular flexibility index (Phi) is 8.59. The molecule has 0 nitrogen and oxygen atoms in total. The second-order valence-corrected chi connectivity index (χ2v) is 19.4. The van der Waals surface area contributed by atoms with Crippen molar-refractivity contribution in [1.29, 1.82) is 0 Å². The van der Waals surface area contributed by atoms with Gasteiger partial charge in [-0.25, -0.2) is 0 Å². The summed E-state index contributed by atoms with van der Waals surface area (Å²) in [6.45, 7) is 0. The van der Waals surface area contributed by atoms with Crippen molar-refractivity contribution in [2.24, 2.45) is 11.8 Å². The molecule has 0 heterocycles. The van der Waals surface area contributed by atoms with Gasteiger partial charge in [-0.3, -0.25) is 0 Å². The highest BCUT2D eigenvalue weighted by Crippen LogP contribution is 2.68. The molecule has 0 fully saturated rings. The highest BCUT2D eigenvalue weighted by Gasteiger charge is 2.51. The molecule has 0 spiro atoms. The molecule has 324 valence electrons. The third-order valence-electron chi connectivity index (χ3n) is 15.7. The Morgan fingerprint density at radius 1 is 0.186 bits per heavy atom. The van der Waals surface area contributed by atoms with E-state index in [0.717, 1.165) is 0 Å². The average molecular weight is 885 g/mol. The van der Waals surface area contributed by atoms with E-state index in [1.54, 1.807) is 0 Å². The predicted molar refractivity (Wildman–Crippen MR) is 297 cm³/mol. The van der Waals surface area contributed by atoms with E-state index < -0.39 is 0 Å². The van der Waals surface area contributed by atoms with Crippen LogP contribution in [0.5, 0.6) is 0 Å². The lowest BCUT2D eigenvalue weighted by Gasteiger charge is -2.31. The van der Waals surface area contributed by atoms with Crippen LogP contribution in [-0.4, -0.2) is 0 Å². The number of benzene rings is 11. The van der Waals surface area contributed by atoms with Crippen LogP contribution in [0.4, 0.5) is 0 Å². The minimum Gasteiger partial charge on any atom is -0.0622 e.